The molecule has 2 rings (SSSR count). The van der Waals surface area contributed by atoms with E-state index in [0.29, 0.717) is 0 Å². The van der Waals surface area contributed by atoms with Crippen molar-refractivity contribution in [2.45, 2.75) is 64.5 Å². The highest BCUT2D eigenvalue weighted by atomic mass is 15.3. The Morgan fingerprint density at radius 3 is 2.57 bits per heavy atom. The summed E-state index contributed by atoms with van der Waals surface area (Å²) >= 11 is 0. The van der Waals surface area contributed by atoms with E-state index in [0.717, 1.165) is 32.1 Å². The van der Waals surface area contributed by atoms with Gasteiger partial charge in [0.1, 0.15) is 0 Å². The Bertz CT molecular complexity index is 380. The molecule has 0 aromatic carbocycles. The van der Waals surface area contributed by atoms with Crippen LogP contribution < -0.4 is 5.73 Å². The van der Waals surface area contributed by atoms with E-state index in [-0.39, 0.29) is 5.54 Å². The molecule has 1 aliphatic carbocycles. The summed E-state index contributed by atoms with van der Waals surface area (Å²) in [6, 6.07) is 2.00. The molecule has 1 fully saturated rings. The molecular weight excluding hydrogens is 260 g/mol. The molecule has 120 valence electrons. The first kappa shape index (κ1) is 16.5. The molecule has 0 aliphatic heterocycles. The van der Waals surface area contributed by atoms with Crippen LogP contribution in [0.4, 0.5) is 0 Å². The number of aromatic nitrogens is 2. The van der Waals surface area contributed by atoms with E-state index in [9.17, 15) is 0 Å². The van der Waals surface area contributed by atoms with Gasteiger partial charge in [0.2, 0.25) is 0 Å². The van der Waals surface area contributed by atoms with Gasteiger partial charge in [-0.25, -0.2) is 0 Å². The number of rotatable bonds is 8. The third-order valence-corrected chi connectivity index (χ3v) is 5.32. The highest BCUT2D eigenvalue weighted by Crippen LogP contribution is 2.37. The zero-order valence-electron chi connectivity index (χ0n) is 13.8. The monoisotopic (exact) mass is 292 g/mol. The molecule has 4 heteroatoms. The molecule has 1 aromatic heterocycles. The lowest BCUT2D eigenvalue weighted by Crippen LogP contribution is -2.56. The van der Waals surface area contributed by atoms with Crippen molar-refractivity contribution >= 4 is 0 Å². The maximum atomic E-state index is 6.24. The van der Waals surface area contributed by atoms with Gasteiger partial charge in [-0.2, -0.15) is 5.10 Å². The Morgan fingerprint density at radius 1 is 1.29 bits per heavy atom. The van der Waals surface area contributed by atoms with Crippen molar-refractivity contribution in [3.8, 4) is 0 Å². The summed E-state index contributed by atoms with van der Waals surface area (Å²) in [7, 11) is 0. The Morgan fingerprint density at radius 2 is 2.05 bits per heavy atom. The summed E-state index contributed by atoms with van der Waals surface area (Å²) in [5.41, 5.74) is 6.47. The summed E-state index contributed by atoms with van der Waals surface area (Å²) in [6.07, 6.45) is 11.6. The molecule has 21 heavy (non-hydrogen) atoms. The SMILES string of the molecule is CCCN(CCn1cccn1)C1(CN)CCC(CC)CC1. The van der Waals surface area contributed by atoms with Crippen molar-refractivity contribution in [1.29, 1.82) is 0 Å². The van der Waals surface area contributed by atoms with Gasteiger partial charge in [-0.05, 0) is 50.6 Å². The van der Waals surface area contributed by atoms with Crippen LogP contribution in [-0.4, -0.2) is 39.9 Å². The smallest absolute Gasteiger partial charge is 0.0536 e. The van der Waals surface area contributed by atoms with Gasteiger partial charge in [-0.15, -0.1) is 0 Å². The first-order valence-electron chi connectivity index (χ1n) is 8.66. The van der Waals surface area contributed by atoms with Crippen molar-refractivity contribution in [2.75, 3.05) is 19.6 Å². The van der Waals surface area contributed by atoms with E-state index < -0.39 is 0 Å². The van der Waals surface area contributed by atoms with Gasteiger partial charge in [0.05, 0.1) is 6.54 Å². The van der Waals surface area contributed by atoms with Crippen LogP contribution in [0.25, 0.3) is 0 Å². The van der Waals surface area contributed by atoms with Gasteiger partial charge >= 0.3 is 0 Å². The molecule has 0 amide bonds. The van der Waals surface area contributed by atoms with Crippen molar-refractivity contribution < 1.29 is 0 Å². The van der Waals surface area contributed by atoms with Crippen LogP contribution in [0.1, 0.15) is 52.4 Å². The van der Waals surface area contributed by atoms with E-state index >= 15 is 0 Å². The van der Waals surface area contributed by atoms with E-state index in [1.807, 2.05) is 23.1 Å². The lowest BCUT2D eigenvalue weighted by molar-refractivity contribution is 0.0378. The van der Waals surface area contributed by atoms with Gasteiger partial charge < -0.3 is 5.73 Å². The molecule has 4 nitrogen and oxygen atoms in total. The van der Waals surface area contributed by atoms with Gasteiger partial charge in [0.15, 0.2) is 0 Å². The fraction of sp³-hybridized carbons (Fsp3) is 0.824. The quantitative estimate of drug-likeness (QED) is 0.801. The number of hydrogen-bond acceptors (Lipinski definition) is 3. The average Bonchev–Trinajstić information content (AvgIpc) is 3.05. The Labute approximate surface area is 129 Å². The molecule has 0 bridgehead atoms. The minimum atomic E-state index is 0.231. The Kier molecular flexibility index (Phi) is 6.24. The molecule has 1 aromatic rings. The van der Waals surface area contributed by atoms with E-state index in [4.69, 9.17) is 5.73 Å². The van der Waals surface area contributed by atoms with Gasteiger partial charge in [-0.3, -0.25) is 9.58 Å². The molecule has 0 unspecified atom stereocenters. The van der Waals surface area contributed by atoms with Crippen molar-refractivity contribution in [3.63, 3.8) is 0 Å². The minimum Gasteiger partial charge on any atom is -0.329 e. The third-order valence-electron chi connectivity index (χ3n) is 5.32. The highest BCUT2D eigenvalue weighted by molar-refractivity contribution is 4.95. The van der Waals surface area contributed by atoms with E-state index in [1.165, 1.54) is 38.5 Å². The first-order chi connectivity index (χ1) is 10.2. The van der Waals surface area contributed by atoms with Gasteiger partial charge in [-0.1, -0.05) is 20.3 Å². The van der Waals surface area contributed by atoms with Gasteiger partial charge in [0, 0.05) is 31.0 Å². The maximum absolute atomic E-state index is 6.24. The second kappa shape index (κ2) is 7.95. The number of nitrogens with two attached hydrogens (primary N) is 1. The molecule has 0 atom stereocenters. The largest absolute Gasteiger partial charge is 0.329 e. The number of nitrogens with zero attached hydrogens (tertiary/aromatic N) is 3. The minimum absolute atomic E-state index is 0.231. The van der Waals surface area contributed by atoms with Crippen LogP contribution in [-0.2, 0) is 6.54 Å². The zero-order valence-corrected chi connectivity index (χ0v) is 13.8. The molecule has 2 N–H and O–H groups in total. The maximum Gasteiger partial charge on any atom is 0.0536 e. The van der Waals surface area contributed by atoms with E-state index in [1.54, 1.807) is 0 Å². The van der Waals surface area contributed by atoms with Crippen LogP contribution in [0.5, 0.6) is 0 Å². The Balaban J connectivity index is 2.00. The topological polar surface area (TPSA) is 47.1 Å². The van der Waals surface area contributed by atoms with Crippen LogP contribution in [0.3, 0.4) is 0 Å². The lowest BCUT2D eigenvalue weighted by atomic mass is 9.74. The predicted octanol–water partition coefficient (Wildman–Crippen LogP) is 2.89. The molecule has 1 saturated carbocycles. The molecule has 0 radical (unpaired) electrons. The Hall–Kier alpha value is -0.870. The van der Waals surface area contributed by atoms with Crippen LogP contribution >= 0.6 is 0 Å². The van der Waals surface area contributed by atoms with Gasteiger partial charge in [0.25, 0.3) is 0 Å². The third kappa shape index (κ3) is 4.07. The average molecular weight is 292 g/mol. The molecule has 1 heterocycles. The second-order valence-electron chi connectivity index (χ2n) is 6.54. The fourth-order valence-electron chi connectivity index (χ4n) is 3.78. The van der Waals surface area contributed by atoms with E-state index in [2.05, 4.69) is 23.8 Å². The number of hydrogen-bond donors (Lipinski definition) is 1. The highest BCUT2D eigenvalue weighted by Gasteiger charge is 2.38. The summed E-state index contributed by atoms with van der Waals surface area (Å²) in [5, 5.41) is 4.33. The summed E-state index contributed by atoms with van der Waals surface area (Å²) in [4.78, 5) is 2.65. The second-order valence-corrected chi connectivity index (χ2v) is 6.54. The summed E-state index contributed by atoms with van der Waals surface area (Å²) in [5.74, 6) is 0.916. The predicted molar refractivity (Wildman–Crippen MR) is 88.1 cm³/mol. The lowest BCUT2D eigenvalue weighted by Gasteiger charge is -2.47. The first-order valence-corrected chi connectivity index (χ1v) is 8.66. The fourth-order valence-corrected chi connectivity index (χ4v) is 3.78. The molecule has 0 spiro atoms. The summed E-state index contributed by atoms with van der Waals surface area (Å²) < 4.78 is 2.03. The summed E-state index contributed by atoms with van der Waals surface area (Å²) in [6.45, 7) is 8.55. The zero-order chi connectivity index (χ0) is 15.1. The van der Waals surface area contributed by atoms with Crippen molar-refractivity contribution in [2.24, 2.45) is 11.7 Å². The van der Waals surface area contributed by atoms with Crippen LogP contribution in [0.2, 0.25) is 0 Å². The van der Waals surface area contributed by atoms with Crippen LogP contribution in [0, 0.1) is 5.92 Å². The molecular formula is C17H32N4. The normalized spacial score (nSPS) is 26.4. The van der Waals surface area contributed by atoms with Crippen molar-refractivity contribution in [1.82, 2.24) is 14.7 Å². The molecule has 1 aliphatic rings. The van der Waals surface area contributed by atoms with Crippen LogP contribution in [0.15, 0.2) is 18.5 Å². The molecule has 0 saturated heterocycles. The van der Waals surface area contributed by atoms with Crippen molar-refractivity contribution in [3.05, 3.63) is 18.5 Å². The standard InChI is InChI=1S/C17H32N4/c1-3-11-20(13-14-21-12-5-10-19-21)17(15-18)8-6-16(4-2)7-9-17/h5,10,12,16H,3-4,6-9,11,13-15,18H2,1-2H3.